The number of carbonyl (C=O) groups is 1. The van der Waals surface area contributed by atoms with Crippen LogP contribution in [0, 0.1) is 0 Å². The van der Waals surface area contributed by atoms with Crippen LogP contribution in [0.15, 0.2) is 25.0 Å². The van der Waals surface area contributed by atoms with Gasteiger partial charge in [-0.25, -0.2) is 4.79 Å². The number of nitrogens with zero attached hydrogens (tertiary/aromatic N) is 3. The molecule has 0 aliphatic carbocycles. The van der Waals surface area contributed by atoms with Crippen molar-refractivity contribution in [2.75, 3.05) is 26.3 Å². The Balaban J connectivity index is 0.000000345. The van der Waals surface area contributed by atoms with Crippen LogP contribution in [0.25, 0.3) is 0 Å². The van der Waals surface area contributed by atoms with E-state index in [1.54, 1.807) is 6.08 Å². The van der Waals surface area contributed by atoms with Gasteiger partial charge in [-0.2, -0.15) is 18.3 Å². The molecule has 2 unspecified atom stereocenters. The maximum atomic E-state index is 10.6. The molecule has 0 radical (unpaired) electrons. The lowest BCUT2D eigenvalue weighted by molar-refractivity contribution is -0.192. The Morgan fingerprint density at radius 2 is 2.29 bits per heavy atom. The highest BCUT2D eigenvalue weighted by molar-refractivity contribution is 5.73. The number of carboxylic acids is 1. The lowest BCUT2D eigenvalue weighted by Gasteiger charge is -2.39. The van der Waals surface area contributed by atoms with Crippen LogP contribution in [0.2, 0.25) is 0 Å². The van der Waals surface area contributed by atoms with Gasteiger partial charge in [0.25, 0.3) is 0 Å². The molecule has 0 saturated carbocycles. The van der Waals surface area contributed by atoms with E-state index < -0.39 is 12.1 Å². The third-order valence-electron chi connectivity index (χ3n) is 4.65. The summed E-state index contributed by atoms with van der Waals surface area (Å²) in [6, 6.07) is 0. The monoisotopic (exact) mass is 405 g/mol. The van der Waals surface area contributed by atoms with E-state index in [0.717, 1.165) is 32.5 Å². The molecule has 1 spiro atoms. The van der Waals surface area contributed by atoms with Crippen molar-refractivity contribution in [3.8, 4) is 0 Å². The van der Waals surface area contributed by atoms with Crippen molar-refractivity contribution in [3.63, 3.8) is 0 Å². The minimum absolute atomic E-state index is 0.00764. The number of likely N-dealkylation sites (tertiary alicyclic amines) is 1. The second-order valence-electron chi connectivity index (χ2n) is 7.08. The van der Waals surface area contributed by atoms with Gasteiger partial charge in [0.2, 0.25) is 0 Å². The number of aromatic nitrogens is 2. The summed E-state index contributed by atoms with van der Waals surface area (Å²) < 4.78 is 45.5. The molecule has 0 aromatic carbocycles. The minimum Gasteiger partial charge on any atom is -0.475 e. The zero-order valence-electron chi connectivity index (χ0n) is 15.8. The summed E-state index contributed by atoms with van der Waals surface area (Å²) in [6.07, 6.45) is 4.32. The van der Waals surface area contributed by atoms with E-state index in [-0.39, 0.29) is 11.7 Å². The first-order valence-electron chi connectivity index (χ1n) is 9.00. The van der Waals surface area contributed by atoms with Gasteiger partial charge in [0.1, 0.15) is 0 Å². The molecule has 1 aromatic heterocycles. The van der Waals surface area contributed by atoms with Crippen LogP contribution < -0.4 is 0 Å². The number of hydrogen-bond donors (Lipinski definition) is 1. The second kappa shape index (κ2) is 9.53. The highest BCUT2D eigenvalue weighted by Crippen LogP contribution is 2.36. The van der Waals surface area contributed by atoms with E-state index in [9.17, 15) is 13.2 Å². The first-order chi connectivity index (χ1) is 13.1. The van der Waals surface area contributed by atoms with Gasteiger partial charge >= 0.3 is 12.1 Å². The molecular weight excluding hydrogens is 379 g/mol. The number of hydrogen-bond acceptors (Lipinski definition) is 5. The molecular formula is C18H26F3N3O4. The molecule has 0 amide bonds. The standard InChI is InChI=1S/C16H25N3O2.C2HF3O2/c1-3-7-20-15-8-16(21-12-15)5-4-6-19(13-16)11-14-9-17-18(2)10-14;3-2(4,5)1(6)7/h3,9-10,15H,1,4-8,11-13H2,2H3;(H,6,7). The zero-order chi connectivity index (χ0) is 20.8. The van der Waals surface area contributed by atoms with Crippen molar-refractivity contribution in [1.29, 1.82) is 0 Å². The molecule has 0 bridgehead atoms. The normalized spacial score (nSPS) is 25.4. The Morgan fingerprint density at radius 1 is 1.57 bits per heavy atom. The molecule has 1 N–H and O–H groups in total. The molecule has 2 fully saturated rings. The summed E-state index contributed by atoms with van der Waals surface area (Å²) in [4.78, 5) is 11.4. The van der Waals surface area contributed by atoms with Gasteiger partial charge in [-0.15, -0.1) is 6.58 Å². The molecule has 1 aromatic rings. The zero-order valence-corrected chi connectivity index (χ0v) is 15.8. The maximum Gasteiger partial charge on any atom is 0.490 e. The SMILES string of the molecule is C=CCOC1COC2(CCCN(Cc3cnn(C)c3)C2)C1.O=C(O)C(F)(F)F. The van der Waals surface area contributed by atoms with Crippen molar-refractivity contribution < 1.29 is 32.5 Å². The lowest BCUT2D eigenvalue weighted by Crippen LogP contribution is -2.47. The molecule has 158 valence electrons. The van der Waals surface area contributed by atoms with E-state index in [1.165, 1.54) is 12.0 Å². The average Bonchev–Trinajstić information content (AvgIpc) is 3.19. The maximum absolute atomic E-state index is 10.6. The Kier molecular flexibility index (Phi) is 7.62. The van der Waals surface area contributed by atoms with E-state index in [2.05, 4.69) is 22.8 Å². The van der Waals surface area contributed by atoms with Gasteiger partial charge < -0.3 is 14.6 Å². The summed E-state index contributed by atoms with van der Waals surface area (Å²) in [5.41, 5.74) is 1.26. The highest BCUT2D eigenvalue weighted by Gasteiger charge is 2.43. The van der Waals surface area contributed by atoms with Crippen molar-refractivity contribution in [3.05, 3.63) is 30.6 Å². The number of aliphatic carboxylic acids is 1. The predicted molar refractivity (Wildman–Crippen MR) is 94.6 cm³/mol. The number of carboxylic acid groups (broad SMARTS) is 1. The Labute approximate surface area is 161 Å². The summed E-state index contributed by atoms with van der Waals surface area (Å²) in [6.45, 7) is 8.12. The largest absolute Gasteiger partial charge is 0.490 e. The fourth-order valence-corrected chi connectivity index (χ4v) is 3.54. The van der Waals surface area contributed by atoms with Crippen molar-refractivity contribution in [1.82, 2.24) is 14.7 Å². The average molecular weight is 405 g/mol. The summed E-state index contributed by atoms with van der Waals surface area (Å²) in [5.74, 6) is -2.76. The van der Waals surface area contributed by atoms with Crippen molar-refractivity contribution in [2.24, 2.45) is 7.05 Å². The number of halogens is 3. The van der Waals surface area contributed by atoms with Crippen molar-refractivity contribution in [2.45, 2.75) is 43.7 Å². The minimum atomic E-state index is -5.08. The van der Waals surface area contributed by atoms with Crippen LogP contribution >= 0.6 is 0 Å². The number of rotatable bonds is 5. The van der Waals surface area contributed by atoms with E-state index >= 15 is 0 Å². The fraction of sp³-hybridized carbons (Fsp3) is 0.667. The summed E-state index contributed by atoms with van der Waals surface area (Å²) in [5, 5.41) is 11.4. The van der Waals surface area contributed by atoms with Crippen LogP contribution in [0.1, 0.15) is 24.8 Å². The number of piperidine rings is 1. The van der Waals surface area contributed by atoms with Gasteiger partial charge in [0, 0.05) is 38.3 Å². The fourth-order valence-electron chi connectivity index (χ4n) is 3.54. The van der Waals surface area contributed by atoms with Gasteiger partial charge in [0.15, 0.2) is 0 Å². The molecule has 2 saturated heterocycles. The number of ether oxygens (including phenoxy) is 2. The van der Waals surface area contributed by atoms with Gasteiger partial charge in [-0.1, -0.05) is 6.08 Å². The number of alkyl halides is 3. The second-order valence-corrected chi connectivity index (χ2v) is 7.08. The smallest absolute Gasteiger partial charge is 0.475 e. The van der Waals surface area contributed by atoms with Gasteiger partial charge in [-0.05, 0) is 19.4 Å². The molecule has 7 nitrogen and oxygen atoms in total. The van der Waals surface area contributed by atoms with Crippen LogP contribution in [0.3, 0.4) is 0 Å². The van der Waals surface area contributed by atoms with Gasteiger partial charge in [-0.3, -0.25) is 9.58 Å². The third-order valence-corrected chi connectivity index (χ3v) is 4.65. The highest BCUT2D eigenvalue weighted by atomic mass is 19.4. The van der Waals surface area contributed by atoms with Gasteiger partial charge in [0.05, 0.1) is 31.1 Å². The van der Waals surface area contributed by atoms with E-state index in [4.69, 9.17) is 19.4 Å². The molecule has 2 aliphatic rings. The third kappa shape index (κ3) is 6.61. The first kappa shape index (κ1) is 22.4. The Morgan fingerprint density at radius 3 is 2.86 bits per heavy atom. The number of aryl methyl sites for hydroxylation is 1. The molecule has 2 atom stereocenters. The predicted octanol–water partition coefficient (Wildman–Crippen LogP) is 2.38. The van der Waals surface area contributed by atoms with Crippen molar-refractivity contribution >= 4 is 5.97 Å². The molecule has 2 aliphatic heterocycles. The van der Waals surface area contributed by atoms with E-state index in [0.29, 0.717) is 13.2 Å². The quantitative estimate of drug-likeness (QED) is 0.758. The van der Waals surface area contributed by atoms with E-state index in [1.807, 2.05) is 17.9 Å². The topological polar surface area (TPSA) is 76.8 Å². The lowest BCUT2D eigenvalue weighted by atomic mass is 9.89. The van der Waals surface area contributed by atoms with Crippen LogP contribution in [-0.4, -0.2) is 69.9 Å². The molecule has 3 heterocycles. The Bertz CT molecular complexity index is 665. The van der Waals surface area contributed by atoms with Crippen LogP contribution in [-0.2, 0) is 27.9 Å². The summed E-state index contributed by atoms with van der Waals surface area (Å²) >= 11 is 0. The van der Waals surface area contributed by atoms with Crippen LogP contribution in [0.5, 0.6) is 0 Å². The molecule has 28 heavy (non-hydrogen) atoms. The molecule has 3 rings (SSSR count). The molecule has 10 heteroatoms. The summed E-state index contributed by atoms with van der Waals surface area (Å²) in [7, 11) is 1.96. The van der Waals surface area contributed by atoms with Crippen LogP contribution in [0.4, 0.5) is 13.2 Å². The first-order valence-corrected chi connectivity index (χ1v) is 9.00. The Hall–Kier alpha value is -1.91.